The molecule has 1 N–H and O–H groups in total. The second-order valence-corrected chi connectivity index (χ2v) is 7.81. The summed E-state index contributed by atoms with van der Waals surface area (Å²) in [5.74, 6) is 0. The number of nitrogens with zero attached hydrogens (tertiary/aromatic N) is 1. The minimum absolute atomic E-state index is 0.206. The number of aliphatic hydroxyl groups excluding tert-OH is 1. The van der Waals surface area contributed by atoms with Gasteiger partial charge < -0.3 is 5.11 Å². The van der Waals surface area contributed by atoms with E-state index in [4.69, 9.17) is 4.18 Å². The van der Waals surface area contributed by atoms with Crippen LogP contribution in [-0.2, 0) is 14.3 Å². The lowest BCUT2D eigenvalue weighted by Crippen LogP contribution is -2.71. The van der Waals surface area contributed by atoms with Crippen molar-refractivity contribution in [3.05, 3.63) is 71.8 Å². The smallest absolute Gasteiger partial charge is 0.266 e. The SMILES string of the molecule is CC1(OS(C)(=O)=O)C(O)CN1C(c1ccccc1)c1ccccc1. The lowest BCUT2D eigenvalue weighted by Gasteiger charge is -2.56. The van der Waals surface area contributed by atoms with Crippen molar-refractivity contribution in [1.82, 2.24) is 4.90 Å². The van der Waals surface area contributed by atoms with Gasteiger partial charge in [0.05, 0.1) is 12.3 Å². The third-order valence-corrected chi connectivity index (χ3v) is 5.06. The molecule has 0 radical (unpaired) electrons. The van der Waals surface area contributed by atoms with E-state index in [-0.39, 0.29) is 6.04 Å². The molecular formula is C18H21NO4S. The van der Waals surface area contributed by atoms with Crippen LogP contribution in [0.3, 0.4) is 0 Å². The lowest BCUT2D eigenvalue weighted by molar-refractivity contribution is -0.240. The van der Waals surface area contributed by atoms with E-state index in [0.29, 0.717) is 6.54 Å². The third kappa shape index (κ3) is 3.23. The van der Waals surface area contributed by atoms with E-state index >= 15 is 0 Å². The molecule has 24 heavy (non-hydrogen) atoms. The number of rotatable bonds is 5. The molecule has 0 aromatic heterocycles. The van der Waals surface area contributed by atoms with Crippen LogP contribution < -0.4 is 0 Å². The Hall–Kier alpha value is -1.73. The van der Waals surface area contributed by atoms with Crippen molar-refractivity contribution in [2.45, 2.75) is 24.8 Å². The Morgan fingerprint density at radius 2 is 1.54 bits per heavy atom. The van der Waals surface area contributed by atoms with Gasteiger partial charge in [-0.1, -0.05) is 60.7 Å². The number of aliphatic hydroxyl groups is 1. The summed E-state index contributed by atoms with van der Waals surface area (Å²) < 4.78 is 28.6. The van der Waals surface area contributed by atoms with E-state index < -0.39 is 21.9 Å². The highest BCUT2D eigenvalue weighted by atomic mass is 32.2. The average molecular weight is 347 g/mol. The Morgan fingerprint density at radius 1 is 1.08 bits per heavy atom. The normalized spacial score (nSPS) is 24.8. The standard InChI is InChI=1S/C18H21NO4S/c1-18(23-24(2,21)22)16(20)13-19(18)17(14-9-5-3-6-10-14)15-11-7-4-8-12-15/h3-12,16-17,20H,13H2,1-2H3. The minimum Gasteiger partial charge on any atom is -0.387 e. The molecule has 2 atom stereocenters. The summed E-state index contributed by atoms with van der Waals surface area (Å²) in [6, 6.07) is 19.4. The van der Waals surface area contributed by atoms with Crippen molar-refractivity contribution in [3.8, 4) is 0 Å². The van der Waals surface area contributed by atoms with Gasteiger partial charge in [-0.3, -0.25) is 4.90 Å². The molecule has 0 amide bonds. The molecule has 1 aliphatic rings. The summed E-state index contributed by atoms with van der Waals surface area (Å²) >= 11 is 0. The van der Waals surface area contributed by atoms with Crippen molar-refractivity contribution in [3.63, 3.8) is 0 Å². The summed E-state index contributed by atoms with van der Waals surface area (Å²) in [5.41, 5.74) is 0.738. The number of β-amino-alcohol motifs (C(OH)–C–C–N with tert-alkyl or cyclic N) is 1. The van der Waals surface area contributed by atoms with Crippen LogP contribution in [0.1, 0.15) is 24.1 Å². The quantitative estimate of drug-likeness (QED) is 0.840. The first-order chi connectivity index (χ1) is 11.3. The van der Waals surface area contributed by atoms with Crippen LogP contribution >= 0.6 is 0 Å². The molecule has 0 aliphatic carbocycles. The van der Waals surface area contributed by atoms with Gasteiger partial charge in [0, 0.05) is 6.54 Å². The summed E-state index contributed by atoms with van der Waals surface area (Å²) in [4.78, 5) is 1.88. The van der Waals surface area contributed by atoms with E-state index in [1.165, 1.54) is 0 Å². The van der Waals surface area contributed by atoms with Gasteiger partial charge in [0.15, 0.2) is 5.72 Å². The first-order valence-corrected chi connectivity index (χ1v) is 9.58. The molecule has 1 fully saturated rings. The van der Waals surface area contributed by atoms with E-state index in [1.807, 2.05) is 65.6 Å². The molecule has 2 unspecified atom stereocenters. The van der Waals surface area contributed by atoms with Crippen molar-refractivity contribution in [2.24, 2.45) is 0 Å². The molecule has 2 aromatic carbocycles. The average Bonchev–Trinajstić information content (AvgIpc) is 2.55. The zero-order valence-electron chi connectivity index (χ0n) is 13.7. The maximum Gasteiger partial charge on any atom is 0.266 e. The molecule has 1 saturated heterocycles. The van der Waals surface area contributed by atoms with Crippen LogP contribution in [0.4, 0.5) is 0 Å². The van der Waals surface area contributed by atoms with Crippen LogP contribution in [0.15, 0.2) is 60.7 Å². The summed E-state index contributed by atoms with van der Waals surface area (Å²) in [7, 11) is -3.71. The molecule has 2 aromatic rings. The van der Waals surface area contributed by atoms with E-state index in [0.717, 1.165) is 17.4 Å². The second-order valence-electron chi connectivity index (χ2n) is 6.23. The Labute approximate surface area is 142 Å². The molecule has 0 saturated carbocycles. The van der Waals surface area contributed by atoms with Gasteiger partial charge in [0.1, 0.15) is 6.10 Å². The zero-order chi connectivity index (χ0) is 17.4. The maximum absolute atomic E-state index is 11.7. The molecule has 5 nitrogen and oxygen atoms in total. The van der Waals surface area contributed by atoms with E-state index in [1.54, 1.807) is 6.92 Å². The van der Waals surface area contributed by atoms with Gasteiger partial charge in [-0.05, 0) is 18.1 Å². The Morgan fingerprint density at radius 3 is 1.92 bits per heavy atom. The third-order valence-electron chi connectivity index (χ3n) is 4.42. The molecule has 3 rings (SSSR count). The predicted octanol–water partition coefficient (Wildman–Crippen LogP) is 2.14. The van der Waals surface area contributed by atoms with Crippen molar-refractivity contribution in [1.29, 1.82) is 0 Å². The number of hydrogen-bond acceptors (Lipinski definition) is 5. The topological polar surface area (TPSA) is 66.8 Å². The van der Waals surface area contributed by atoms with Crippen molar-refractivity contribution < 1.29 is 17.7 Å². The highest BCUT2D eigenvalue weighted by molar-refractivity contribution is 7.86. The highest BCUT2D eigenvalue weighted by Gasteiger charge is 2.55. The lowest BCUT2D eigenvalue weighted by atomic mass is 9.87. The van der Waals surface area contributed by atoms with Crippen LogP contribution in [0, 0.1) is 0 Å². The van der Waals surface area contributed by atoms with E-state index in [2.05, 4.69) is 0 Å². The number of hydrogen-bond donors (Lipinski definition) is 1. The first-order valence-electron chi connectivity index (χ1n) is 7.76. The Kier molecular flexibility index (Phi) is 4.48. The van der Waals surface area contributed by atoms with Gasteiger partial charge in [-0.25, -0.2) is 4.18 Å². The van der Waals surface area contributed by atoms with Gasteiger partial charge in [0.25, 0.3) is 10.1 Å². The predicted molar refractivity (Wildman–Crippen MR) is 91.8 cm³/mol. The monoisotopic (exact) mass is 347 g/mol. The van der Waals surface area contributed by atoms with Crippen LogP contribution in [0.2, 0.25) is 0 Å². The Balaban J connectivity index is 2.04. The van der Waals surface area contributed by atoms with Gasteiger partial charge >= 0.3 is 0 Å². The van der Waals surface area contributed by atoms with Gasteiger partial charge in [-0.2, -0.15) is 8.42 Å². The van der Waals surface area contributed by atoms with Gasteiger partial charge in [0.2, 0.25) is 0 Å². The van der Waals surface area contributed by atoms with Crippen LogP contribution in [0.25, 0.3) is 0 Å². The molecule has 0 spiro atoms. The molecule has 0 bridgehead atoms. The van der Waals surface area contributed by atoms with Gasteiger partial charge in [-0.15, -0.1) is 0 Å². The molecule has 1 heterocycles. The summed E-state index contributed by atoms with van der Waals surface area (Å²) in [6.45, 7) is 1.95. The maximum atomic E-state index is 11.7. The molecule has 128 valence electrons. The van der Waals surface area contributed by atoms with Crippen molar-refractivity contribution in [2.75, 3.05) is 12.8 Å². The summed E-state index contributed by atoms with van der Waals surface area (Å²) in [6.07, 6.45) is 0.128. The fraction of sp³-hybridized carbons (Fsp3) is 0.333. The number of benzene rings is 2. The molecule has 6 heteroatoms. The largest absolute Gasteiger partial charge is 0.387 e. The Bertz CT molecular complexity index is 755. The van der Waals surface area contributed by atoms with E-state index in [9.17, 15) is 13.5 Å². The fourth-order valence-corrected chi connectivity index (χ4v) is 4.03. The zero-order valence-corrected chi connectivity index (χ0v) is 14.5. The highest BCUT2D eigenvalue weighted by Crippen LogP contribution is 2.43. The molecule has 1 aliphatic heterocycles. The summed E-state index contributed by atoms with van der Waals surface area (Å²) in [5, 5.41) is 10.2. The van der Waals surface area contributed by atoms with Crippen LogP contribution in [0.5, 0.6) is 0 Å². The fourth-order valence-electron chi connectivity index (χ4n) is 3.21. The minimum atomic E-state index is -3.71. The second kappa shape index (κ2) is 6.29. The molecular weight excluding hydrogens is 326 g/mol. The van der Waals surface area contributed by atoms with Crippen molar-refractivity contribution >= 4 is 10.1 Å². The first kappa shape index (κ1) is 17.1. The number of likely N-dealkylation sites (tertiary alicyclic amines) is 1. The van der Waals surface area contributed by atoms with Crippen LogP contribution in [-0.4, -0.2) is 43.1 Å².